The lowest BCUT2D eigenvalue weighted by Gasteiger charge is -2.27. The molecule has 2 rings (SSSR count). The highest BCUT2D eigenvalue weighted by molar-refractivity contribution is 5.71. The van der Waals surface area contributed by atoms with Crippen LogP contribution in [-0.4, -0.2) is 34.6 Å². The second kappa shape index (κ2) is 4.97. The second-order valence-electron chi connectivity index (χ2n) is 6.41. The maximum Gasteiger partial charge on any atom is 0.308 e. The van der Waals surface area contributed by atoms with Crippen LogP contribution in [0, 0.1) is 17.8 Å². The third-order valence-corrected chi connectivity index (χ3v) is 4.39. The van der Waals surface area contributed by atoms with Gasteiger partial charge >= 0.3 is 5.97 Å². The Hall–Kier alpha value is -0.570. The molecule has 2 saturated heterocycles. The van der Waals surface area contributed by atoms with Crippen LogP contribution in [0.15, 0.2) is 0 Å². The molecule has 0 aromatic rings. The summed E-state index contributed by atoms with van der Waals surface area (Å²) in [6.07, 6.45) is 4.43. The highest BCUT2D eigenvalue weighted by Gasteiger charge is 2.49. The molecule has 2 aliphatic rings. The number of rotatable bonds is 5. The first kappa shape index (κ1) is 12.9. The average Bonchev–Trinajstić information content (AvgIpc) is 2.74. The van der Waals surface area contributed by atoms with Crippen LogP contribution in [0.5, 0.6) is 0 Å². The standard InChI is InChI=1S/C14H25NO2/c1-9(2)6-10(3)8-15-11-4-5-13(15)12(7-11)14(16)17/h9-13H,4-8H2,1-3H3,(H,16,17). The van der Waals surface area contributed by atoms with Crippen LogP contribution in [0.1, 0.15) is 46.5 Å². The molecule has 0 radical (unpaired) electrons. The van der Waals surface area contributed by atoms with Crippen molar-refractivity contribution < 1.29 is 9.90 Å². The van der Waals surface area contributed by atoms with Crippen LogP contribution in [-0.2, 0) is 4.79 Å². The first-order valence-corrected chi connectivity index (χ1v) is 6.97. The lowest BCUT2D eigenvalue weighted by molar-refractivity contribution is -0.142. The van der Waals surface area contributed by atoms with E-state index in [4.69, 9.17) is 0 Å². The van der Waals surface area contributed by atoms with Gasteiger partial charge in [-0.25, -0.2) is 0 Å². The average molecular weight is 239 g/mol. The van der Waals surface area contributed by atoms with E-state index in [9.17, 15) is 9.90 Å². The van der Waals surface area contributed by atoms with Crippen molar-refractivity contribution in [2.24, 2.45) is 17.8 Å². The largest absolute Gasteiger partial charge is 0.481 e. The van der Waals surface area contributed by atoms with Gasteiger partial charge in [0, 0.05) is 18.6 Å². The lowest BCUT2D eigenvalue weighted by Crippen LogP contribution is -2.36. The van der Waals surface area contributed by atoms with Crippen LogP contribution in [0.25, 0.3) is 0 Å². The third-order valence-electron chi connectivity index (χ3n) is 4.39. The summed E-state index contributed by atoms with van der Waals surface area (Å²) >= 11 is 0. The predicted molar refractivity (Wildman–Crippen MR) is 67.9 cm³/mol. The van der Waals surface area contributed by atoms with Crippen molar-refractivity contribution in [3.63, 3.8) is 0 Å². The summed E-state index contributed by atoms with van der Waals surface area (Å²) in [4.78, 5) is 13.7. The summed E-state index contributed by atoms with van der Waals surface area (Å²) in [6.45, 7) is 7.91. The van der Waals surface area contributed by atoms with Crippen molar-refractivity contribution in [2.75, 3.05) is 6.54 Å². The summed E-state index contributed by atoms with van der Waals surface area (Å²) in [5.74, 6) is 0.741. The van der Waals surface area contributed by atoms with Gasteiger partial charge in [-0.3, -0.25) is 9.69 Å². The molecule has 98 valence electrons. The molecule has 2 bridgehead atoms. The Bertz CT molecular complexity index is 290. The smallest absolute Gasteiger partial charge is 0.308 e. The molecule has 3 heteroatoms. The quantitative estimate of drug-likeness (QED) is 0.801. The van der Waals surface area contributed by atoms with Gasteiger partial charge in [0.1, 0.15) is 0 Å². The Morgan fingerprint density at radius 3 is 2.59 bits per heavy atom. The number of carboxylic acid groups (broad SMARTS) is 1. The minimum absolute atomic E-state index is 0.0972. The first-order chi connectivity index (χ1) is 7.99. The molecule has 0 aliphatic carbocycles. The Balaban J connectivity index is 1.92. The van der Waals surface area contributed by atoms with E-state index in [1.807, 2.05) is 0 Å². The fraction of sp³-hybridized carbons (Fsp3) is 0.929. The van der Waals surface area contributed by atoms with E-state index in [-0.39, 0.29) is 5.92 Å². The molecule has 17 heavy (non-hydrogen) atoms. The zero-order valence-corrected chi connectivity index (χ0v) is 11.2. The number of nitrogens with zero attached hydrogens (tertiary/aromatic N) is 1. The summed E-state index contributed by atoms with van der Waals surface area (Å²) in [6, 6.07) is 0.878. The molecule has 1 N–H and O–H groups in total. The van der Waals surface area contributed by atoms with E-state index in [1.54, 1.807) is 0 Å². The van der Waals surface area contributed by atoms with Crippen molar-refractivity contribution in [1.82, 2.24) is 4.90 Å². The van der Waals surface area contributed by atoms with Gasteiger partial charge in [0.05, 0.1) is 5.92 Å². The van der Waals surface area contributed by atoms with Crippen molar-refractivity contribution in [3.05, 3.63) is 0 Å². The summed E-state index contributed by atoms with van der Waals surface area (Å²) < 4.78 is 0. The number of hydrogen-bond donors (Lipinski definition) is 1. The molecule has 2 aliphatic heterocycles. The minimum Gasteiger partial charge on any atom is -0.481 e. The topological polar surface area (TPSA) is 40.5 Å². The summed E-state index contributed by atoms with van der Waals surface area (Å²) in [7, 11) is 0. The number of fused-ring (bicyclic) bond motifs is 2. The molecule has 4 unspecified atom stereocenters. The highest BCUT2D eigenvalue weighted by atomic mass is 16.4. The summed E-state index contributed by atoms with van der Waals surface area (Å²) in [5.41, 5.74) is 0. The molecule has 0 saturated carbocycles. The van der Waals surface area contributed by atoms with Crippen molar-refractivity contribution in [1.29, 1.82) is 0 Å². The Labute approximate surface area is 104 Å². The molecule has 2 heterocycles. The number of hydrogen-bond acceptors (Lipinski definition) is 2. The molecular weight excluding hydrogens is 214 g/mol. The van der Waals surface area contributed by atoms with Crippen LogP contribution >= 0.6 is 0 Å². The van der Waals surface area contributed by atoms with Crippen molar-refractivity contribution >= 4 is 5.97 Å². The van der Waals surface area contributed by atoms with Gasteiger partial charge in [-0.1, -0.05) is 20.8 Å². The van der Waals surface area contributed by atoms with Gasteiger partial charge in [0.2, 0.25) is 0 Å². The van der Waals surface area contributed by atoms with Gasteiger partial charge in [-0.15, -0.1) is 0 Å². The Morgan fingerprint density at radius 1 is 1.35 bits per heavy atom. The summed E-state index contributed by atoms with van der Waals surface area (Å²) in [5, 5.41) is 9.21. The first-order valence-electron chi connectivity index (χ1n) is 6.97. The molecule has 0 aromatic carbocycles. The Morgan fingerprint density at radius 2 is 2.06 bits per heavy atom. The zero-order valence-electron chi connectivity index (χ0n) is 11.2. The molecule has 2 fully saturated rings. The number of carbonyl (C=O) groups is 1. The SMILES string of the molecule is CC(C)CC(C)CN1C2CCC1C(C(=O)O)C2. The van der Waals surface area contributed by atoms with E-state index >= 15 is 0 Å². The van der Waals surface area contributed by atoms with E-state index < -0.39 is 5.97 Å². The molecule has 4 atom stereocenters. The monoisotopic (exact) mass is 239 g/mol. The van der Waals surface area contributed by atoms with Crippen LogP contribution < -0.4 is 0 Å². The van der Waals surface area contributed by atoms with Gasteiger partial charge < -0.3 is 5.11 Å². The van der Waals surface area contributed by atoms with Crippen molar-refractivity contribution in [3.8, 4) is 0 Å². The Kier molecular flexibility index (Phi) is 3.76. The molecule has 0 spiro atoms. The van der Waals surface area contributed by atoms with Crippen LogP contribution in [0.4, 0.5) is 0 Å². The van der Waals surface area contributed by atoms with E-state index in [1.165, 1.54) is 12.8 Å². The van der Waals surface area contributed by atoms with Crippen LogP contribution in [0.2, 0.25) is 0 Å². The zero-order chi connectivity index (χ0) is 12.6. The fourth-order valence-corrected chi connectivity index (χ4v) is 3.89. The molecule has 0 aromatic heterocycles. The maximum absolute atomic E-state index is 11.2. The predicted octanol–water partition coefficient (Wildman–Crippen LogP) is 2.61. The van der Waals surface area contributed by atoms with Gasteiger partial charge in [-0.2, -0.15) is 0 Å². The molecule has 3 nitrogen and oxygen atoms in total. The number of carboxylic acids is 1. The fourth-order valence-electron chi connectivity index (χ4n) is 3.89. The van der Waals surface area contributed by atoms with Crippen molar-refractivity contribution in [2.45, 2.75) is 58.5 Å². The van der Waals surface area contributed by atoms with Crippen LogP contribution in [0.3, 0.4) is 0 Å². The third kappa shape index (κ3) is 2.65. The molecule has 0 amide bonds. The van der Waals surface area contributed by atoms with E-state index in [0.717, 1.165) is 25.3 Å². The van der Waals surface area contributed by atoms with E-state index in [2.05, 4.69) is 25.7 Å². The van der Waals surface area contributed by atoms with Gasteiger partial charge in [0.25, 0.3) is 0 Å². The highest BCUT2D eigenvalue weighted by Crippen LogP contribution is 2.42. The number of aliphatic carboxylic acids is 1. The second-order valence-corrected chi connectivity index (χ2v) is 6.41. The maximum atomic E-state index is 11.2. The van der Waals surface area contributed by atoms with E-state index in [0.29, 0.717) is 18.0 Å². The molecular formula is C14H25NO2. The lowest BCUT2D eigenvalue weighted by atomic mass is 9.89. The van der Waals surface area contributed by atoms with Gasteiger partial charge in [0.15, 0.2) is 0 Å². The normalized spacial score (nSPS) is 34.5. The minimum atomic E-state index is -0.585. The van der Waals surface area contributed by atoms with Gasteiger partial charge in [-0.05, 0) is 37.5 Å².